The maximum Gasteiger partial charge on any atom is 0.322 e. The van der Waals surface area contributed by atoms with Crippen LogP contribution >= 0.6 is 0 Å². The van der Waals surface area contributed by atoms with Gasteiger partial charge in [0.2, 0.25) is 0 Å². The fourth-order valence-corrected chi connectivity index (χ4v) is 4.71. The molecule has 0 aliphatic carbocycles. The summed E-state index contributed by atoms with van der Waals surface area (Å²) in [4.78, 5) is 34.3. The number of para-hydroxylation sites is 2. The molecule has 5 aromatic rings. The van der Waals surface area contributed by atoms with Gasteiger partial charge in [-0.05, 0) is 75.2 Å². The minimum absolute atomic E-state index is 0.179. The average molecular weight is 507 g/mol. The normalized spacial score (nSPS) is 11.9. The predicted molar refractivity (Wildman–Crippen MR) is 150 cm³/mol. The lowest BCUT2D eigenvalue weighted by Gasteiger charge is -2.30. The van der Waals surface area contributed by atoms with E-state index in [-0.39, 0.29) is 18.1 Å². The van der Waals surface area contributed by atoms with Gasteiger partial charge in [0.25, 0.3) is 5.56 Å². The molecule has 0 saturated heterocycles. The van der Waals surface area contributed by atoms with E-state index in [9.17, 15) is 9.59 Å². The van der Waals surface area contributed by atoms with Gasteiger partial charge in [0.05, 0.1) is 35.4 Å². The van der Waals surface area contributed by atoms with Crippen molar-refractivity contribution in [3.63, 3.8) is 0 Å². The monoisotopic (exact) mass is 506 g/mol. The van der Waals surface area contributed by atoms with E-state index in [2.05, 4.69) is 5.32 Å². The first-order valence-electron chi connectivity index (χ1n) is 12.6. The van der Waals surface area contributed by atoms with Gasteiger partial charge in [-0.15, -0.1) is 0 Å². The maximum atomic E-state index is 13.9. The summed E-state index contributed by atoms with van der Waals surface area (Å²) in [6.07, 6.45) is 1.58. The summed E-state index contributed by atoms with van der Waals surface area (Å²) >= 11 is 0. The molecule has 0 spiro atoms. The van der Waals surface area contributed by atoms with Gasteiger partial charge in [0.15, 0.2) is 0 Å². The number of carbonyl (C=O) groups excluding carboxylic acids is 1. The number of fused-ring (bicyclic) bond motifs is 1. The number of carbonyl (C=O) groups is 1. The molecule has 0 saturated carbocycles. The summed E-state index contributed by atoms with van der Waals surface area (Å²) in [5.74, 6) is 1.09. The lowest BCUT2D eigenvalue weighted by atomic mass is 10.1. The third-order valence-corrected chi connectivity index (χ3v) is 6.79. The summed E-state index contributed by atoms with van der Waals surface area (Å²) in [6, 6.07) is 23.6. The molecule has 0 aliphatic rings. The summed E-state index contributed by atoms with van der Waals surface area (Å²) < 4.78 is 7.24. The summed E-state index contributed by atoms with van der Waals surface area (Å²) in [6.45, 7) is 8.02. The van der Waals surface area contributed by atoms with Gasteiger partial charge in [0.1, 0.15) is 11.6 Å². The van der Waals surface area contributed by atoms with Crippen LogP contribution in [0.5, 0.6) is 0 Å². The molecule has 0 radical (unpaired) electrons. The molecule has 7 nitrogen and oxygen atoms in total. The van der Waals surface area contributed by atoms with Crippen molar-refractivity contribution < 1.29 is 9.21 Å². The SMILES string of the molecule is Cc1ccc(-n2c(C(C)N(Cc3ccco3)C(=O)Nc3ccccc3C)nc3ccccc3c2=O)c(C)c1. The third-order valence-electron chi connectivity index (χ3n) is 6.79. The number of aryl methyl sites for hydroxylation is 3. The lowest BCUT2D eigenvalue weighted by molar-refractivity contribution is 0.179. The highest BCUT2D eigenvalue weighted by molar-refractivity contribution is 5.90. The Bertz CT molecular complexity index is 1670. The average Bonchev–Trinajstić information content (AvgIpc) is 3.42. The number of anilines is 1. The van der Waals surface area contributed by atoms with E-state index < -0.39 is 6.04 Å². The van der Waals surface area contributed by atoms with Crippen molar-refractivity contribution in [3.8, 4) is 5.69 Å². The zero-order valence-corrected chi connectivity index (χ0v) is 21.9. The van der Waals surface area contributed by atoms with Crippen molar-refractivity contribution in [2.75, 3.05) is 5.32 Å². The van der Waals surface area contributed by atoms with Crippen LogP contribution < -0.4 is 10.9 Å². The molecule has 0 bridgehead atoms. The van der Waals surface area contributed by atoms with Crippen LogP contribution in [0.25, 0.3) is 16.6 Å². The number of rotatable bonds is 6. The molecule has 1 atom stereocenters. The Morgan fingerprint density at radius 1 is 0.974 bits per heavy atom. The zero-order chi connectivity index (χ0) is 26.8. The number of hydrogen-bond donors (Lipinski definition) is 1. The lowest BCUT2D eigenvalue weighted by Crippen LogP contribution is -2.39. The first-order chi connectivity index (χ1) is 18.3. The second-order valence-electron chi connectivity index (χ2n) is 9.55. The Morgan fingerprint density at radius 2 is 1.74 bits per heavy atom. The molecule has 192 valence electrons. The van der Waals surface area contributed by atoms with Gasteiger partial charge < -0.3 is 14.6 Å². The molecule has 3 aromatic carbocycles. The quantitative estimate of drug-likeness (QED) is 0.278. The van der Waals surface area contributed by atoms with Crippen LogP contribution in [0.3, 0.4) is 0 Å². The third kappa shape index (κ3) is 4.83. The minimum Gasteiger partial charge on any atom is -0.467 e. The molecule has 2 aromatic heterocycles. The second-order valence-corrected chi connectivity index (χ2v) is 9.55. The molecular weight excluding hydrogens is 476 g/mol. The summed E-state index contributed by atoms with van der Waals surface area (Å²) in [7, 11) is 0. The Kier molecular flexibility index (Phi) is 6.83. The predicted octanol–water partition coefficient (Wildman–Crippen LogP) is 6.70. The minimum atomic E-state index is -0.581. The molecule has 38 heavy (non-hydrogen) atoms. The van der Waals surface area contributed by atoms with Crippen LogP contribution in [-0.2, 0) is 6.54 Å². The molecule has 5 rings (SSSR count). The number of nitrogens with one attached hydrogen (secondary N) is 1. The smallest absolute Gasteiger partial charge is 0.322 e. The number of urea groups is 1. The molecule has 0 aliphatic heterocycles. The molecule has 2 heterocycles. The number of nitrogens with zero attached hydrogens (tertiary/aromatic N) is 3. The van der Waals surface area contributed by atoms with E-state index in [1.165, 1.54) is 0 Å². The molecule has 0 fully saturated rings. The molecule has 2 amide bonds. The summed E-state index contributed by atoms with van der Waals surface area (Å²) in [5.41, 5.74) is 4.84. The second kappa shape index (κ2) is 10.4. The van der Waals surface area contributed by atoms with E-state index in [1.807, 2.05) is 94.4 Å². The van der Waals surface area contributed by atoms with Gasteiger partial charge in [-0.2, -0.15) is 0 Å². The van der Waals surface area contributed by atoms with E-state index >= 15 is 0 Å². The maximum absolute atomic E-state index is 13.9. The fraction of sp³-hybridized carbons (Fsp3) is 0.194. The van der Waals surface area contributed by atoms with Crippen molar-refractivity contribution in [3.05, 3.63) is 124 Å². The first kappa shape index (κ1) is 25.0. The number of furan rings is 1. The van der Waals surface area contributed by atoms with Crippen molar-refractivity contribution >= 4 is 22.6 Å². The molecular formula is C31H30N4O3. The number of hydrogen-bond acceptors (Lipinski definition) is 4. The number of benzene rings is 3. The van der Waals surface area contributed by atoms with E-state index in [4.69, 9.17) is 9.40 Å². The standard InChI is InChI=1S/C31H30N4O3/c1-20-15-16-28(22(3)18-20)35-29(32-27-14-8-6-12-25(27)30(35)36)23(4)34(19-24-11-9-17-38-24)31(37)33-26-13-7-5-10-21(26)2/h5-18,23H,19H2,1-4H3,(H,33,37). The van der Waals surface area contributed by atoms with Crippen LogP contribution in [0.1, 0.15) is 41.2 Å². The molecule has 1 N–H and O–H groups in total. The van der Waals surface area contributed by atoms with E-state index in [0.717, 1.165) is 22.4 Å². The van der Waals surface area contributed by atoms with E-state index in [1.54, 1.807) is 27.9 Å². The Hall–Kier alpha value is -4.65. The first-order valence-corrected chi connectivity index (χ1v) is 12.6. The molecule has 7 heteroatoms. The van der Waals surface area contributed by atoms with Gasteiger partial charge in [-0.25, -0.2) is 9.78 Å². The summed E-state index contributed by atoms with van der Waals surface area (Å²) in [5, 5.41) is 3.55. The van der Waals surface area contributed by atoms with Crippen molar-refractivity contribution in [1.82, 2.24) is 14.5 Å². The van der Waals surface area contributed by atoms with E-state index in [0.29, 0.717) is 28.2 Å². The van der Waals surface area contributed by atoms with Gasteiger partial charge >= 0.3 is 6.03 Å². The van der Waals surface area contributed by atoms with Gasteiger partial charge in [0, 0.05) is 5.69 Å². The van der Waals surface area contributed by atoms with Crippen LogP contribution in [0.2, 0.25) is 0 Å². The van der Waals surface area contributed by atoms with Crippen molar-refractivity contribution in [2.24, 2.45) is 0 Å². The Labute approximate surface area is 221 Å². The Morgan fingerprint density at radius 3 is 2.47 bits per heavy atom. The van der Waals surface area contributed by atoms with Gasteiger partial charge in [-0.3, -0.25) is 9.36 Å². The topological polar surface area (TPSA) is 80.4 Å². The highest BCUT2D eigenvalue weighted by Crippen LogP contribution is 2.27. The van der Waals surface area contributed by atoms with Crippen LogP contribution in [0.15, 0.2) is 94.3 Å². The largest absolute Gasteiger partial charge is 0.467 e. The number of aromatic nitrogens is 2. The van der Waals surface area contributed by atoms with Crippen molar-refractivity contribution in [1.29, 1.82) is 0 Å². The van der Waals surface area contributed by atoms with Crippen molar-refractivity contribution in [2.45, 2.75) is 40.3 Å². The van der Waals surface area contributed by atoms with Crippen LogP contribution in [0.4, 0.5) is 10.5 Å². The fourth-order valence-electron chi connectivity index (χ4n) is 4.71. The Balaban J connectivity index is 1.67. The van der Waals surface area contributed by atoms with Crippen LogP contribution in [-0.4, -0.2) is 20.5 Å². The highest BCUT2D eigenvalue weighted by atomic mass is 16.3. The highest BCUT2D eigenvalue weighted by Gasteiger charge is 2.28. The zero-order valence-electron chi connectivity index (χ0n) is 21.9. The van der Waals surface area contributed by atoms with Gasteiger partial charge in [-0.1, -0.05) is 48.0 Å². The number of amides is 2. The molecule has 1 unspecified atom stereocenters. The van der Waals surface area contributed by atoms with Crippen LogP contribution in [0, 0.1) is 20.8 Å².